The quantitative estimate of drug-likeness (QED) is 0.454. The number of nitrogens with one attached hydrogen (secondary N) is 1. The Morgan fingerprint density at radius 2 is 2.11 bits per heavy atom. The van der Waals surface area contributed by atoms with Crippen molar-refractivity contribution in [2.24, 2.45) is 0 Å². The van der Waals surface area contributed by atoms with E-state index in [9.17, 15) is 4.39 Å². The zero-order chi connectivity index (χ0) is 19.8. The van der Waals surface area contributed by atoms with Crippen LogP contribution in [0.4, 0.5) is 27.7 Å². The van der Waals surface area contributed by atoms with Crippen LogP contribution in [0.1, 0.15) is 5.69 Å². The molecular weight excluding hydrogens is 401 g/mol. The number of nitrogen functional groups attached to an aromatic ring is 1. The number of pyridine rings is 1. The lowest BCUT2D eigenvalue weighted by Gasteiger charge is -2.07. The molecule has 0 fully saturated rings. The summed E-state index contributed by atoms with van der Waals surface area (Å²) in [5, 5.41) is 3.83. The lowest BCUT2D eigenvalue weighted by atomic mass is 10.2. The Morgan fingerprint density at radius 1 is 1.29 bits per heavy atom. The molecule has 4 rings (SSSR count). The van der Waals surface area contributed by atoms with Crippen molar-refractivity contribution in [2.45, 2.75) is 6.92 Å². The van der Waals surface area contributed by atoms with Gasteiger partial charge in [0.15, 0.2) is 17.3 Å². The highest BCUT2D eigenvalue weighted by atomic mass is 35.5. The van der Waals surface area contributed by atoms with Gasteiger partial charge in [0, 0.05) is 22.3 Å². The van der Waals surface area contributed by atoms with Crippen LogP contribution in [0.5, 0.6) is 0 Å². The Labute approximate surface area is 167 Å². The molecule has 0 amide bonds. The fourth-order valence-electron chi connectivity index (χ4n) is 2.67. The molecule has 0 spiro atoms. The average molecular weight is 412 g/mol. The summed E-state index contributed by atoms with van der Waals surface area (Å²) in [5.74, 6) is 0.343. The van der Waals surface area contributed by atoms with E-state index >= 15 is 0 Å². The summed E-state index contributed by atoms with van der Waals surface area (Å²) in [4.78, 5) is 20.1. The number of fused-ring (bicyclic) bond motifs is 1. The van der Waals surface area contributed by atoms with Crippen LogP contribution < -0.4 is 11.1 Å². The maximum atomic E-state index is 14.4. The van der Waals surface area contributed by atoms with Crippen LogP contribution in [0.25, 0.3) is 25.6 Å². The molecule has 1 aromatic carbocycles. The highest BCUT2D eigenvalue weighted by Gasteiger charge is 2.19. The molecule has 138 valence electrons. The van der Waals surface area contributed by atoms with Gasteiger partial charge >= 0.3 is 0 Å². The SMILES string of the molecule is [C-]#[N+]c1cccc(Cl)c1-c1nc2c(F)cnc(Nc3cc(C)nc(N)n3)c2s1. The lowest BCUT2D eigenvalue weighted by Crippen LogP contribution is -2.02. The molecule has 0 aliphatic carbocycles. The Balaban J connectivity index is 1.88. The molecule has 0 aliphatic rings. The highest BCUT2D eigenvalue weighted by Crippen LogP contribution is 2.42. The number of nitrogens with two attached hydrogens (primary N) is 1. The first-order chi connectivity index (χ1) is 13.5. The summed E-state index contributed by atoms with van der Waals surface area (Å²) in [7, 11) is 0. The average Bonchev–Trinajstić information content (AvgIpc) is 3.09. The Kier molecular flexibility index (Phi) is 4.50. The molecule has 0 bridgehead atoms. The second-order valence-electron chi connectivity index (χ2n) is 5.78. The second-order valence-corrected chi connectivity index (χ2v) is 7.18. The predicted octanol–water partition coefficient (Wildman–Crippen LogP) is 5.13. The first-order valence-electron chi connectivity index (χ1n) is 7.96. The standard InChI is InChI=1S/C18H11ClFN7S/c1-8-6-12(26-18(21)24-8)25-16-15-14(10(20)7-23-16)27-17(28-15)13-9(19)4-3-5-11(13)22-2/h3-7H,1H3,(H3,21,23,24,25,26). The van der Waals surface area contributed by atoms with Crippen molar-refractivity contribution in [2.75, 3.05) is 11.1 Å². The number of nitrogens with zero attached hydrogens (tertiary/aromatic N) is 5. The van der Waals surface area contributed by atoms with Gasteiger partial charge in [0.05, 0.1) is 12.8 Å². The summed E-state index contributed by atoms with van der Waals surface area (Å²) < 4.78 is 14.8. The van der Waals surface area contributed by atoms with E-state index in [-0.39, 0.29) is 11.5 Å². The van der Waals surface area contributed by atoms with Crippen LogP contribution in [0.3, 0.4) is 0 Å². The third-order valence-electron chi connectivity index (χ3n) is 3.82. The van der Waals surface area contributed by atoms with E-state index in [1.807, 2.05) is 0 Å². The predicted molar refractivity (Wildman–Crippen MR) is 109 cm³/mol. The van der Waals surface area contributed by atoms with Gasteiger partial charge in [-0.05, 0) is 13.0 Å². The van der Waals surface area contributed by atoms with Crippen LogP contribution in [-0.2, 0) is 0 Å². The topological polar surface area (TPSA) is 94.0 Å². The summed E-state index contributed by atoms with van der Waals surface area (Å²) in [6, 6.07) is 6.68. The van der Waals surface area contributed by atoms with Gasteiger partial charge in [0.1, 0.15) is 21.0 Å². The molecule has 3 N–H and O–H groups in total. The van der Waals surface area contributed by atoms with E-state index in [2.05, 4.69) is 30.1 Å². The maximum absolute atomic E-state index is 14.4. The van der Waals surface area contributed by atoms with E-state index in [4.69, 9.17) is 23.9 Å². The molecule has 28 heavy (non-hydrogen) atoms. The fraction of sp³-hybridized carbons (Fsp3) is 0.0556. The summed E-state index contributed by atoms with van der Waals surface area (Å²) in [6.07, 6.45) is 1.08. The Hall–Kier alpha value is -3.35. The van der Waals surface area contributed by atoms with Crippen LogP contribution in [0.2, 0.25) is 5.02 Å². The van der Waals surface area contributed by atoms with Crippen molar-refractivity contribution in [3.05, 3.63) is 58.4 Å². The first-order valence-corrected chi connectivity index (χ1v) is 9.15. The summed E-state index contributed by atoms with van der Waals surface area (Å²) in [5.41, 5.74) is 7.30. The molecule has 7 nitrogen and oxygen atoms in total. The van der Waals surface area contributed by atoms with E-state index in [1.54, 1.807) is 31.2 Å². The van der Waals surface area contributed by atoms with Crippen molar-refractivity contribution in [3.8, 4) is 10.6 Å². The molecule has 10 heteroatoms. The molecule has 4 aromatic rings. The van der Waals surface area contributed by atoms with E-state index in [1.165, 1.54) is 11.3 Å². The minimum absolute atomic E-state index is 0.114. The van der Waals surface area contributed by atoms with Gasteiger partial charge in [0.2, 0.25) is 5.95 Å². The van der Waals surface area contributed by atoms with Gasteiger partial charge in [-0.1, -0.05) is 23.7 Å². The monoisotopic (exact) mass is 411 g/mol. The number of rotatable bonds is 3. The number of aromatic nitrogens is 4. The minimum atomic E-state index is -0.571. The number of hydrogen-bond donors (Lipinski definition) is 2. The number of thiazole rings is 1. The van der Waals surface area contributed by atoms with Crippen LogP contribution in [-0.4, -0.2) is 19.9 Å². The number of anilines is 3. The number of aryl methyl sites for hydroxylation is 1. The number of benzene rings is 1. The van der Waals surface area contributed by atoms with Gasteiger partial charge in [-0.2, -0.15) is 4.98 Å². The van der Waals surface area contributed by atoms with Gasteiger partial charge in [-0.15, -0.1) is 11.3 Å². The van der Waals surface area contributed by atoms with Crippen molar-refractivity contribution < 1.29 is 4.39 Å². The van der Waals surface area contributed by atoms with Gasteiger partial charge in [-0.25, -0.2) is 24.2 Å². The zero-order valence-corrected chi connectivity index (χ0v) is 15.9. The van der Waals surface area contributed by atoms with Gasteiger partial charge in [-0.3, -0.25) is 0 Å². The third-order valence-corrected chi connectivity index (χ3v) is 5.21. The third kappa shape index (κ3) is 3.19. The molecule has 0 saturated heterocycles. The smallest absolute Gasteiger partial charge is 0.222 e. The molecule has 0 saturated carbocycles. The molecule has 0 aliphatic heterocycles. The zero-order valence-electron chi connectivity index (χ0n) is 14.4. The van der Waals surface area contributed by atoms with Crippen LogP contribution in [0.15, 0.2) is 30.5 Å². The van der Waals surface area contributed by atoms with Crippen LogP contribution in [0, 0.1) is 19.3 Å². The summed E-state index contributed by atoms with van der Waals surface area (Å²) in [6.45, 7) is 9.14. The largest absolute Gasteiger partial charge is 0.368 e. The normalized spacial score (nSPS) is 10.8. The van der Waals surface area contributed by atoms with Crippen molar-refractivity contribution in [1.29, 1.82) is 0 Å². The van der Waals surface area contributed by atoms with E-state index in [0.717, 1.165) is 6.20 Å². The van der Waals surface area contributed by atoms with Crippen LogP contribution >= 0.6 is 22.9 Å². The number of halogens is 2. The van der Waals surface area contributed by atoms with Crippen molar-refractivity contribution in [1.82, 2.24) is 19.9 Å². The molecule has 0 unspecified atom stereocenters. The molecule has 0 radical (unpaired) electrons. The molecule has 0 atom stereocenters. The highest BCUT2D eigenvalue weighted by molar-refractivity contribution is 7.22. The maximum Gasteiger partial charge on any atom is 0.222 e. The van der Waals surface area contributed by atoms with E-state index < -0.39 is 5.82 Å². The minimum Gasteiger partial charge on any atom is -0.368 e. The van der Waals surface area contributed by atoms with Crippen molar-refractivity contribution in [3.63, 3.8) is 0 Å². The Morgan fingerprint density at radius 3 is 2.86 bits per heavy atom. The van der Waals surface area contributed by atoms with Gasteiger partial charge < -0.3 is 11.1 Å². The lowest BCUT2D eigenvalue weighted by molar-refractivity contribution is 0.632. The summed E-state index contributed by atoms with van der Waals surface area (Å²) >= 11 is 7.47. The first kappa shape index (κ1) is 18.0. The van der Waals surface area contributed by atoms with Crippen molar-refractivity contribution >= 4 is 56.4 Å². The molecule has 3 heterocycles. The van der Waals surface area contributed by atoms with Gasteiger partial charge in [0.25, 0.3) is 0 Å². The molecule has 3 aromatic heterocycles. The Bertz CT molecular complexity index is 1240. The molecular formula is C18H11ClFN7S. The second kappa shape index (κ2) is 6.99. The van der Waals surface area contributed by atoms with E-state index in [0.29, 0.717) is 43.3 Å². The fourth-order valence-corrected chi connectivity index (χ4v) is 4.08. The number of hydrogen-bond acceptors (Lipinski definition) is 7.